The summed E-state index contributed by atoms with van der Waals surface area (Å²) in [4.78, 5) is 18.5. The lowest BCUT2D eigenvalue weighted by molar-refractivity contribution is -0.116. The lowest BCUT2D eigenvalue weighted by Gasteiger charge is -2.35. The minimum absolute atomic E-state index is 0.0371. The lowest BCUT2D eigenvalue weighted by atomic mass is 10.0. The number of piperidine rings is 1. The standard InChI is InChI=1S/C23H26N4O3/c1-15-2-6-22-24-17(13-27(22)11-15)12-26-9-8-21(20(28)14-26)30-18-5-3-16-4-7-23(29)25-19(16)10-18/h2-3,5-6,10-11,13,20-21,28H,4,7-9,12,14H2,1H3,(H,25,29)/t20-,21-/m1/s1. The molecule has 0 unspecified atom stereocenters. The van der Waals surface area contributed by atoms with Crippen molar-refractivity contribution >= 4 is 17.2 Å². The Bertz CT molecular complexity index is 1090. The molecule has 30 heavy (non-hydrogen) atoms. The number of pyridine rings is 1. The van der Waals surface area contributed by atoms with Crippen molar-refractivity contribution < 1.29 is 14.6 Å². The number of likely N-dealkylation sites (tertiary alicyclic amines) is 1. The Morgan fingerprint density at radius 2 is 2.13 bits per heavy atom. The number of nitrogens with zero attached hydrogens (tertiary/aromatic N) is 3. The van der Waals surface area contributed by atoms with E-state index in [9.17, 15) is 9.90 Å². The minimum atomic E-state index is -0.580. The Labute approximate surface area is 175 Å². The van der Waals surface area contributed by atoms with Gasteiger partial charge in [-0.1, -0.05) is 12.1 Å². The SMILES string of the molecule is Cc1ccc2nc(CN3CC[C@@H](Oc4ccc5c(c4)NC(=O)CC5)[C@H](O)C3)cn2c1. The molecule has 1 aromatic carbocycles. The number of nitrogens with one attached hydrogen (secondary N) is 1. The summed E-state index contributed by atoms with van der Waals surface area (Å²) in [6.45, 7) is 4.14. The van der Waals surface area contributed by atoms with Gasteiger partial charge in [-0.25, -0.2) is 4.98 Å². The van der Waals surface area contributed by atoms with E-state index in [1.807, 2.05) is 28.7 Å². The number of aliphatic hydroxyl groups is 1. The van der Waals surface area contributed by atoms with Crippen molar-refractivity contribution in [2.24, 2.45) is 0 Å². The number of aliphatic hydroxyl groups excluding tert-OH is 1. The number of carbonyl (C=O) groups is 1. The van der Waals surface area contributed by atoms with Gasteiger partial charge >= 0.3 is 0 Å². The van der Waals surface area contributed by atoms with E-state index in [1.165, 1.54) is 5.56 Å². The van der Waals surface area contributed by atoms with Crippen LogP contribution in [0.5, 0.6) is 5.75 Å². The average Bonchev–Trinajstić information content (AvgIpc) is 3.11. The number of β-amino-alcohol motifs (C(OH)–C–C–N with tert-alkyl or cyclic N) is 1. The molecule has 1 saturated heterocycles. The molecule has 1 amide bonds. The second-order valence-electron chi connectivity index (χ2n) is 8.32. The van der Waals surface area contributed by atoms with Gasteiger partial charge in [0.15, 0.2) is 0 Å². The Balaban J connectivity index is 1.21. The van der Waals surface area contributed by atoms with Crippen molar-refractivity contribution in [3.63, 3.8) is 0 Å². The monoisotopic (exact) mass is 406 g/mol. The third kappa shape index (κ3) is 3.91. The molecular weight excluding hydrogens is 380 g/mol. The maximum absolute atomic E-state index is 11.6. The molecule has 2 N–H and O–H groups in total. The third-order valence-corrected chi connectivity index (χ3v) is 5.90. The Hall–Kier alpha value is -2.90. The van der Waals surface area contributed by atoms with Crippen LogP contribution < -0.4 is 10.1 Å². The number of aromatic nitrogens is 2. The zero-order chi connectivity index (χ0) is 20.7. The van der Waals surface area contributed by atoms with Gasteiger partial charge in [0.2, 0.25) is 5.91 Å². The summed E-state index contributed by atoms with van der Waals surface area (Å²) in [5.41, 5.74) is 5.07. The van der Waals surface area contributed by atoms with Crippen LogP contribution in [0.15, 0.2) is 42.7 Å². The first-order chi connectivity index (χ1) is 14.5. The van der Waals surface area contributed by atoms with Crippen molar-refractivity contribution in [3.8, 4) is 5.75 Å². The van der Waals surface area contributed by atoms with E-state index in [4.69, 9.17) is 4.74 Å². The van der Waals surface area contributed by atoms with Gasteiger partial charge in [0.05, 0.1) is 5.69 Å². The fraction of sp³-hybridized carbons (Fsp3) is 0.391. The molecule has 0 spiro atoms. The number of aryl methyl sites for hydroxylation is 2. The van der Waals surface area contributed by atoms with Crippen molar-refractivity contribution in [2.75, 3.05) is 18.4 Å². The zero-order valence-electron chi connectivity index (χ0n) is 17.0. The first-order valence-corrected chi connectivity index (χ1v) is 10.5. The van der Waals surface area contributed by atoms with Gasteiger partial charge in [-0.15, -0.1) is 0 Å². The number of benzene rings is 1. The second-order valence-corrected chi connectivity index (χ2v) is 8.32. The maximum Gasteiger partial charge on any atom is 0.224 e. The Kier molecular flexibility index (Phi) is 4.92. The number of rotatable bonds is 4. The Morgan fingerprint density at radius 1 is 1.23 bits per heavy atom. The van der Waals surface area contributed by atoms with Gasteiger partial charge in [0.1, 0.15) is 23.6 Å². The van der Waals surface area contributed by atoms with Gasteiger partial charge in [-0.3, -0.25) is 9.69 Å². The van der Waals surface area contributed by atoms with E-state index in [2.05, 4.69) is 40.6 Å². The molecule has 4 heterocycles. The molecule has 2 atom stereocenters. The molecular formula is C23H26N4O3. The van der Waals surface area contributed by atoms with Crippen LogP contribution in [-0.2, 0) is 17.8 Å². The topological polar surface area (TPSA) is 79.1 Å². The first-order valence-electron chi connectivity index (χ1n) is 10.5. The van der Waals surface area contributed by atoms with Gasteiger partial charge in [-0.2, -0.15) is 0 Å². The van der Waals surface area contributed by atoms with Crippen LogP contribution in [0.4, 0.5) is 5.69 Å². The quantitative estimate of drug-likeness (QED) is 0.696. The number of anilines is 1. The molecule has 2 aliphatic heterocycles. The highest BCUT2D eigenvalue weighted by molar-refractivity contribution is 5.94. The number of amides is 1. The summed E-state index contributed by atoms with van der Waals surface area (Å²) in [5, 5.41) is 13.6. The van der Waals surface area contributed by atoms with Crippen LogP contribution in [0, 0.1) is 6.92 Å². The number of carbonyl (C=O) groups excluding carboxylic acids is 1. The number of ether oxygens (including phenoxy) is 1. The van der Waals surface area contributed by atoms with Crippen LogP contribution in [0.25, 0.3) is 5.65 Å². The molecule has 2 aromatic heterocycles. The molecule has 5 rings (SSSR count). The molecule has 1 fully saturated rings. The first kappa shape index (κ1) is 19.1. The Morgan fingerprint density at radius 3 is 3.00 bits per heavy atom. The van der Waals surface area contributed by atoms with Crippen molar-refractivity contribution in [1.29, 1.82) is 0 Å². The highest BCUT2D eigenvalue weighted by atomic mass is 16.5. The van der Waals surface area contributed by atoms with Crippen LogP contribution >= 0.6 is 0 Å². The molecule has 2 aliphatic rings. The summed E-state index contributed by atoms with van der Waals surface area (Å²) in [6, 6.07) is 9.87. The van der Waals surface area contributed by atoms with Crippen LogP contribution in [0.3, 0.4) is 0 Å². The second kappa shape index (κ2) is 7.74. The van der Waals surface area contributed by atoms with E-state index in [0.717, 1.165) is 42.0 Å². The summed E-state index contributed by atoms with van der Waals surface area (Å²) in [7, 11) is 0. The molecule has 0 aliphatic carbocycles. The molecule has 0 bridgehead atoms. The highest BCUT2D eigenvalue weighted by Gasteiger charge is 2.30. The number of fused-ring (bicyclic) bond motifs is 2. The van der Waals surface area contributed by atoms with E-state index < -0.39 is 6.10 Å². The predicted octanol–water partition coefficient (Wildman–Crippen LogP) is 2.54. The highest BCUT2D eigenvalue weighted by Crippen LogP contribution is 2.29. The summed E-state index contributed by atoms with van der Waals surface area (Å²) in [5.74, 6) is 0.722. The number of hydrogen-bond donors (Lipinski definition) is 2. The fourth-order valence-electron chi connectivity index (χ4n) is 4.32. The van der Waals surface area contributed by atoms with E-state index in [0.29, 0.717) is 25.3 Å². The number of imidazole rings is 1. The van der Waals surface area contributed by atoms with E-state index in [-0.39, 0.29) is 12.0 Å². The van der Waals surface area contributed by atoms with E-state index in [1.54, 1.807) is 0 Å². The molecule has 156 valence electrons. The van der Waals surface area contributed by atoms with Crippen LogP contribution in [0.2, 0.25) is 0 Å². The van der Waals surface area contributed by atoms with Gasteiger partial charge in [-0.05, 0) is 43.0 Å². The minimum Gasteiger partial charge on any atom is -0.488 e. The smallest absolute Gasteiger partial charge is 0.224 e. The maximum atomic E-state index is 11.6. The molecule has 3 aromatic rings. The third-order valence-electron chi connectivity index (χ3n) is 5.90. The van der Waals surface area contributed by atoms with Gasteiger partial charge < -0.3 is 19.6 Å². The zero-order valence-corrected chi connectivity index (χ0v) is 17.0. The molecule has 0 radical (unpaired) electrons. The van der Waals surface area contributed by atoms with Gasteiger partial charge in [0, 0.05) is 50.2 Å². The van der Waals surface area contributed by atoms with Crippen LogP contribution in [0.1, 0.15) is 29.7 Å². The average molecular weight is 406 g/mol. The molecule has 7 nitrogen and oxygen atoms in total. The lowest BCUT2D eigenvalue weighted by Crippen LogP contribution is -2.48. The van der Waals surface area contributed by atoms with Crippen molar-refractivity contribution in [1.82, 2.24) is 14.3 Å². The van der Waals surface area contributed by atoms with E-state index >= 15 is 0 Å². The predicted molar refractivity (Wildman–Crippen MR) is 114 cm³/mol. The molecule has 7 heteroatoms. The van der Waals surface area contributed by atoms with Crippen molar-refractivity contribution in [2.45, 2.75) is 44.9 Å². The largest absolute Gasteiger partial charge is 0.488 e. The summed E-state index contributed by atoms with van der Waals surface area (Å²) in [6.07, 6.45) is 5.30. The van der Waals surface area contributed by atoms with Crippen molar-refractivity contribution in [3.05, 3.63) is 59.5 Å². The van der Waals surface area contributed by atoms with Crippen LogP contribution in [-0.4, -0.2) is 50.6 Å². The molecule has 0 saturated carbocycles. The summed E-state index contributed by atoms with van der Waals surface area (Å²) < 4.78 is 8.13. The summed E-state index contributed by atoms with van der Waals surface area (Å²) >= 11 is 0. The van der Waals surface area contributed by atoms with Gasteiger partial charge in [0.25, 0.3) is 0 Å². The fourth-order valence-corrected chi connectivity index (χ4v) is 4.32. The number of hydrogen-bond acceptors (Lipinski definition) is 5. The normalized spacial score (nSPS) is 22.0.